The van der Waals surface area contributed by atoms with Crippen molar-refractivity contribution in [2.45, 2.75) is 84.2 Å². The van der Waals surface area contributed by atoms with Gasteiger partial charge in [0.25, 0.3) is 0 Å². The Balaban J connectivity index is 2.23. The molecule has 132 valence electrons. The van der Waals surface area contributed by atoms with Crippen molar-refractivity contribution in [1.29, 1.82) is 0 Å². The first-order valence-corrected chi connectivity index (χ1v) is 9.44. The van der Waals surface area contributed by atoms with Crippen molar-refractivity contribution in [2.75, 3.05) is 0 Å². The zero-order valence-corrected chi connectivity index (χ0v) is 14.6. The van der Waals surface area contributed by atoms with Gasteiger partial charge in [0, 0.05) is 0 Å². The van der Waals surface area contributed by atoms with E-state index in [2.05, 4.69) is 0 Å². The Kier molecular flexibility index (Phi) is 6.91. The maximum atomic E-state index is 12.8. The molecule has 1 N–H and O–H groups in total. The predicted octanol–water partition coefficient (Wildman–Crippen LogP) is 4.42. The van der Waals surface area contributed by atoms with Crippen molar-refractivity contribution in [3.8, 4) is 0 Å². The third-order valence-corrected chi connectivity index (χ3v) is 5.61. The second kappa shape index (κ2) is 8.70. The molecular weight excluding hydrogens is 292 g/mol. The fourth-order valence-electron chi connectivity index (χ4n) is 4.58. The molecule has 0 aromatic rings. The van der Waals surface area contributed by atoms with Crippen LogP contribution < -0.4 is 0 Å². The first-order chi connectivity index (χ1) is 11.0. The smallest absolute Gasteiger partial charge is 0.310 e. The molecule has 0 aromatic carbocycles. The first kappa shape index (κ1) is 18.3. The molecule has 0 amide bonds. The molecule has 0 bridgehead atoms. The second-order valence-corrected chi connectivity index (χ2v) is 7.67. The van der Waals surface area contributed by atoms with Crippen LogP contribution in [0.1, 0.15) is 78.1 Å². The zero-order chi connectivity index (χ0) is 16.8. The van der Waals surface area contributed by atoms with E-state index in [1.54, 1.807) is 0 Å². The molecule has 4 heteroatoms. The van der Waals surface area contributed by atoms with E-state index in [0.717, 1.165) is 51.4 Å². The van der Waals surface area contributed by atoms with Crippen molar-refractivity contribution < 1.29 is 19.4 Å². The van der Waals surface area contributed by atoms with Crippen molar-refractivity contribution >= 4 is 11.9 Å². The number of carbonyl (C=O) groups is 2. The number of aliphatic carboxylic acids is 1. The molecule has 4 nitrogen and oxygen atoms in total. The number of carbonyl (C=O) groups excluding carboxylic acids is 1. The van der Waals surface area contributed by atoms with Crippen molar-refractivity contribution in [1.82, 2.24) is 0 Å². The second-order valence-electron chi connectivity index (χ2n) is 7.67. The lowest BCUT2D eigenvalue weighted by Crippen LogP contribution is -2.42. The Morgan fingerprint density at radius 3 is 1.65 bits per heavy atom. The number of carboxylic acid groups (broad SMARTS) is 1. The van der Waals surface area contributed by atoms with E-state index in [0.29, 0.717) is 0 Å². The van der Waals surface area contributed by atoms with Gasteiger partial charge < -0.3 is 9.84 Å². The third-order valence-electron chi connectivity index (χ3n) is 5.61. The van der Waals surface area contributed by atoms with Gasteiger partial charge in [0.15, 0.2) is 0 Å². The van der Waals surface area contributed by atoms with Gasteiger partial charge in [0.1, 0.15) is 0 Å². The van der Waals surface area contributed by atoms with Crippen molar-refractivity contribution in [3.63, 3.8) is 0 Å². The molecule has 0 spiro atoms. The normalized spacial score (nSPS) is 23.4. The molecule has 0 heterocycles. The van der Waals surface area contributed by atoms with Crippen LogP contribution in [0.3, 0.4) is 0 Å². The van der Waals surface area contributed by atoms with Gasteiger partial charge in [-0.25, -0.2) is 0 Å². The fourth-order valence-corrected chi connectivity index (χ4v) is 4.58. The number of hydrogen-bond donors (Lipinski definition) is 1. The monoisotopic (exact) mass is 324 g/mol. The van der Waals surface area contributed by atoms with Gasteiger partial charge >= 0.3 is 11.9 Å². The molecule has 23 heavy (non-hydrogen) atoms. The van der Waals surface area contributed by atoms with E-state index in [4.69, 9.17) is 4.74 Å². The van der Waals surface area contributed by atoms with Crippen LogP contribution in [0.2, 0.25) is 0 Å². The number of carboxylic acids is 1. The summed E-state index contributed by atoms with van der Waals surface area (Å²) < 4.78 is 5.49. The maximum absolute atomic E-state index is 12.8. The quantitative estimate of drug-likeness (QED) is 0.735. The van der Waals surface area contributed by atoms with E-state index >= 15 is 0 Å². The third kappa shape index (κ3) is 4.95. The van der Waals surface area contributed by atoms with Crippen LogP contribution >= 0.6 is 0 Å². The SMILES string of the molecule is CC(C)OC(=O)C(C1CCCCC1)C(C(=O)O)C1CCCCC1. The molecule has 0 aliphatic heterocycles. The molecule has 2 aliphatic rings. The highest BCUT2D eigenvalue weighted by Crippen LogP contribution is 2.42. The van der Waals surface area contributed by atoms with Crippen LogP contribution in [0.15, 0.2) is 0 Å². The van der Waals surface area contributed by atoms with Gasteiger partial charge in [-0.1, -0.05) is 38.5 Å². The summed E-state index contributed by atoms with van der Waals surface area (Å²) in [7, 11) is 0. The van der Waals surface area contributed by atoms with E-state index < -0.39 is 17.8 Å². The number of ether oxygens (including phenoxy) is 1. The average molecular weight is 324 g/mol. The minimum Gasteiger partial charge on any atom is -0.481 e. The summed E-state index contributed by atoms with van der Waals surface area (Å²) in [5.41, 5.74) is 0. The predicted molar refractivity (Wildman–Crippen MR) is 89.0 cm³/mol. The Morgan fingerprint density at radius 1 is 0.826 bits per heavy atom. The summed E-state index contributed by atoms with van der Waals surface area (Å²) in [6.07, 6.45) is 10.4. The highest BCUT2D eigenvalue weighted by molar-refractivity contribution is 5.81. The van der Waals surface area contributed by atoms with Crippen LogP contribution in [0, 0.1) is 23.7 Å². The van der Waals surface area contributed by atoms with Gasteiger partial charge in [0.2, 0.25) is 0 Å². The molecule has 2 fully saturated rings. The summed E-state index contributed by atoms with van der Waals surface area (Å²) in [6.45, 7) is 3.68. The topological polar surface area (TPSA) is 63.6 Å². The summed E-state index contributed by atoms with van der Waals surface area (Å²) >= 11 is 0. The van der Waals surface area contributed by atoms with Crippen LogP contribution in [-0.2, 0) is 14.3 Å². The van der Waals surface area contributed by atoms with Gasteiger partial charge in [-0.3, -0.25) is 9.59 Å². The molecule has 2 atom stereocenters. The number of rotatable bonds is 6. The van der Waals surface area contributed by atoms with Gasteiger partial charge in [-0.05, 0) is 51.4 Å². The minimum atomic E-state index is -0.798. The van der Waals surface area contributed by atoms with E-state index in [1.807, 2.05) is 13.8 Å². The van der Waals surface area contributed by atoms with E-state index in [1.165, 1.54) is 12.8 Å². The molecule has 0 aromatic heterocycles. The van der Waals surface area contributed by atoms with Gasteiger partial charge in [0.05, 0.1) is 17.9 Å². The molecular formula is C19H32O4. The highest BCUT2D eigenvalue weighted by Gasteiger charge is 2.45. The lowest BCUT2D eigenvalue weighted by Gasteiger charge is -2.37. The fraction of sp³-hybridized carbons (Fsp3) is 0.895. The molecule has 2 unspecified atom stereocenters. The van der Waals surface area contributed by atoms with E-state index in [9.17, 15) is 14.7 Å². The lowest BCUT2D eigenvalue weighted by molar-refractivity contribution is -0.166. The van der Waals surface area contributed by atoms with Gasteiger partial charge in [-0.15, -0.1) is 0 Å². The van der Waals surface area contributed by atoms with Crippen LogP contribution in [0.5, 0.6) is 0 Å². The minimum absolute atomic E-state index is 0.132. The molecule has 0 radical (unpaired) electrons. The first-order valence-electron chi connectivity index (χ1n) is 9.44. The Morgan fingerprint density at radius 2 is 1.26 bits per heavy atom. The van der Waals surface area contributed by atoms with Crippen molar-refractivity contribution in [3.05, 3.63) is 0 Å². The Labute approximate surface area is 140 Å². The molecule has 0 saturated heterocycles. The highest BCUT2D eigenvalue weighted by atomic mass is 16.5. The average Bonchev–Trinajstić information content (AvgIpc) is 2.53. The summed E-state index contributed by atoms with van der Waals surface area (Å²) in [5, 5.41) is 9.90. The van der Waals surface area contributed by atoms with Gasteiger partial charge in [-0.2, -0.15) is 0 Å². The van der Waals surface area contributed by atoms with Crippen molar-refractivity contribution in [2.24, 2.45) is 23.7 Å². The molecule has 2 rings (SSSR count). The van der Waals surface area contributed by atoms with Crippen LogP contribution in [0.4, 0.5) is 0 Å². The Hall–Kier alpha value is -1.06. The largest absolute Gasteiger partial charge is 0.481 e. The maximum Gasteiger partial charge on any atom is 0.310 e. The number of hydrogen-bond acceptors (Lipinski definition) is 3. The summed E-state index contributed by atoms with van der Waals surface area (Å²) in [4.78, 5) is 24.8. The molecule has 2 saturated carbocycles. The molecule has 2 aliphatic carbocycles. The van der Waals surface area contributed by atoms with Crippen LogP contribution in [-0.4, -0.2) is 23.1 Å². The Bertz CT molecular complexity index is 392. The standard InChI is InChI=1S/C19H32O4/c1-13(2)23-19(22)17(15-11-7-4-8-12-15)16(18(20)21)14-9-5-3-6-10-14/h13-17H,3-12H2,1-2H3,(H,20,21). The zero-order valence-electron chi connectivity index (χ0n) is 14.6. The number of esters is 1. The lowest BCUT2D eigenvalue weighted by atomic mass is 9.67. The summed E-state index contributed by atoms with van der Waals surface area (Å²) in [6, 6.07) is 0. The summed E-state index contributed by atoms with van der Waals surface area (Å²) in [5.74, 6) is -1.79. The van der Waals surface area contributed by atoms with Crippen LogP contribution in [0.25, 0.3) is 0 Å². The van der Waals surface area contributed by atoms with E-state index in [-0.39, 0.29) is 23.9 Å².